The Hall–Kier alpha value is -2.17. The number of aromatic nitrogens is 3. The summed E-state index contributed by atoms with van der Waals surface area (Å²) in [5, 5.41) is 11.6. The molecule has 1 aliphatic rings. The molecule has 0 fully saturated rings. The minimum absolute atomic E-state index is 0.0669. The molecule has 0 unspecified atom stereocenters. The number of amides is 1. The van der Waals surface area contributed by atoms with E-state index in [0.29, 0.717) is 18.9 Å². The van der Waals surface area contributed by atoms with E-state index in [2.05, 4.69) is 58.2 Å². The second kappa shape index (κ2) is 8.97. The quantitative estimate of drug-likeness (QED) is 0.831. The fourth-order valence-corrected chi connectivity index (χ4v) is 3.56. The first-order chi connectivity index (χ1) is 12.6. The summed E-state index contributed by atoms with van der Waals surface area (Å²) >= 11 is 0. The first-order valence-electron chi connectivity index (χ1n) is 9.87. The van der Waals surface area contributed by atoms with E-state index in [0.717, 1.165) is 43.0 Å². The monoisotopic (exact) mass is 354 g/mol. The van der Waals surface area contributed by atoms with Crippen LogP contribution in [0.4, 0.5) is 0 Å². The highest BCUT2D eigenvalue weighted by Gasteiger charge is 2.14. The van der Waals surface area contributed by atoms with Crippen molar-refractivity contribution in [2.45, 2.75) is 65.3 Å². The lowest BCUT2D eigenvalue weighted by Gasteiger charge is -2.09. The Morgan fingerprint density at radius 1 is 1.12 bits per heavy atom. The van der Waals surface area contributed by atoms with Crippen LogP contribution in [0.3, 0.4) is 0 Å². The molecule has 0 saturated heterocycles. The number of rotatable bonds is 7. The molecule has 0 saturated carbocycles. The molecule has 2 heterocycles. The van der Waals surface area contributed by atoms with Crippen LogP contribution < -0.4 is 5.32 Å². The maximum Gasteiger partial charge on any atom is 0.224 e. The van der Waals surface area contributed by atoms with Gasteiger partial charge in [-0.25, -0.2) is 0 Å². The van der Waals surface area contributed by atoms with Crippen molar-refractivity contribution in [2.75, 3.05) is 6.54 Å². The van der Waals surface area contributed by atoms with Gasteiger partial charge < -0.3 is 9.88 Å². The second-order valence-electron chi connectivity index (χ2n) is 7.69. The predicted octanol–water partition coefficient (Wildman–Crippen LogP) is 3.10. The van der Waals surface area contributed by atoms with E-state index in [1.807, 2.05) is 0 Å². The van der Waals surface area contributed by atoms with Crippen LogP contribution >= 0.6 is 0 Å². The Balaban J connectivity index is 1.45. The Kier molecular flexibility index (Phi) is 6.42. The minimum atomic E-state index is 0.0669. The van der Waals surface area contributed by atoms with Gasteiger partial charge in [-0.2, -0.15) is 0 Å². The molecule has 5 heteroatoms. The molecule has 0 atom stereocenters. The van der Waals surface area contributed by atoms with E-state index in [1.54, 1.807) is 0 Å². The Labute approximate surface area is 156 Å². The van der Waals surface area contributed by atoms with Gasteiger partial charge in [0.05, 0.1) is 6.42 Å². The molecule has 0 aliphatic carbocycles. The Bertz CT molecular complexity index is 718. The largest absolute Gasteiger partial charge is 0.355 e. The van der Waals surface area contributed by atoms with Crippen LogP contribution in [-0.4, -0.2) is 27.2 Å². The molecule has 1 aliphatic heterocycles. The fraction of sp³-hybridized carbons (Fsp3) is 0.571. The summed E-state index contributed by atoms with van der Waals surface area (Å²) in [6.07, 6.45) is 6.92. The average molecular weight is 354 g/mol. The van der Waals surface area contributed by atoms with Gasteiger partial charge in [0, 0.05) is 25.9 Å². The summed E-state index contributed by atoms with van der Waals surface area (Å²) in [5.74, 6) is 2.82. The number of nitrogens with zero attached hydrogens (tertiary/aromatic N) is 3. The van der Waals surface area contributed by atoms with Gasteiger partial charge in [-0.3, -0.25) is 4.79 Å². The normalized spacial score (nSPS) is 14.1. The van der Waals surface area contributed by atoms with Gasteiger partial charge in [-0.15, -0.1) is 10.2 Å². The number of aryl methyl sites for hydroxylation is 1. The number of hydrogen-bond acceptors (Lipinski definition) is 3. The highest BCUT2D eigenvalue weighted by atomic mass is 16.1. The molecule has 5 nitrogen and oxygen atoms in total. The van der Waals surface area contributed by atoms with Crippen molar-refractivity contribution in [3.63, 3.8) is 0 Å². The van der Waals surface area contributed by atoms with Crippen molar-refractivity contribution in [3.05, 3.63) is 47.0 Å². The molecule has 1 N–H and O–H groups in total. The zero-order valence-electron chi connectivity index (χ0n) is 16.0. The second-order valence-corrected chi connectivity index (χ2v) is 7.69. The summed E-state index contributed by atoms with van der Waals surface area (Å²) in [5.41, 5.74) is 2.39. The van der Waals surface area contributed by atoms with Crippen LogP contribution in [0.15, 0.2) is 24.3 Å². The van der Waals surface area contributed by atoms with Gasteiger partial charge >= 0.3 is 0 Å². The lowest BCUT2D eigenvalue weighted by Crippen LogP contribution is -2.28. The number of carbonyl (C=O) groups is 1. The SMILES string of the molecule is CC(C)Cc1ccc(CC(=O)NCCc2nnc3n2CCCCC3)cc1. The van der Waals surface area contributed by atoms with Gasteiger partial charge in [0.25, 0.3) is 0 Å². The number of fused-ring (bicyclic) bond motifs is 1. The lowest BCUT2D eigenvalue weighted by atomic mass is 10.0. The lowest BCUT2D eigenvalue weighted by molar-refractivity contribution is -0.120. The Morgan fingerprint density at radius 2 is 1.88 bits per heavy atom. The maximum atomic E-state index is 12.2. The molecule has 26 heavy (non-hydrogen) atoms. The van der Waals surface area contributed by atoms with E-state index in [-0.39, 0.29) is 5.91 Å². The first-order valence-corrected chi connectivity index (χ1v) is 9.87. The highest BCUT2D eigenvalue weighted by molar-refractivity contribution is 5.78. The van der Waals surface area contributed by atoms with Gasteiger partial charge in [0.1, 0.15) is 11.6 Å². The van der Waals surface area contributed by atoms with Crippen LogP contribution in [0.2, 0.25) is 0 Å². The average Bonchev–Trinajstić information content (AvgIpc) is 2.83. The third-order valence-corrected chi connectivity index (χ3v) is 4.89. The number of benzene rings is 1. The zero-order chi connectivity index (χ0) is 18.4. The van der Waals surface area contributed by atoms with Gasteiger partial charge in [-0.05, 0) is 36.3 Å². The standard InChI is InChI=1S/C21H30N4O/c1-16(2)14-17-7-9-18(10-8-17)15-21(26)22-12-11-20-24-23-19-6-4-3-5-13-25(19)20/h7-10,16H,3-6,11-15H2,1-2H3,(H,22,26). The van der Waals surface area contributed by atoms with Crippen LogP contribution in [0.1, 0.15) is 55.9 Å². The van der Waals surface area contributed by atoms with E-state index < -0.39 is 0 Å². The zero-order valence-corrected chi connectivity index (χ0v) is 16.0. The number of carbonyl (C=O) groups excluding carboxylic acids is 1. The summed E-state index contributed by atoms with van der Waals surface area (Å²) in [4.78, 5) is 12.2. The summed E-state index contributed by atoms with van der Waals surface area (Å²) in [7, 11) is 0. The topological polar surface area (TPSA) is 59.8 Å². The first kappa shape index (κ1) is 18.6. The molecular weight excluding hydrogens is 324 g/mol. The summed E-state index contributed by atoms with van der Waals surface area (Å²) < 4.78 is 2.24. The van der Waals surface area contributed by atoms with Crippen LogP contribution in [0.25, 0.3) is 0 Å². The predicted molar refractivity (Wildman–Crippen MR) is 103 cm³/mol. The van der Waals surface area contributed by atoms with Gasteiger partial charge in [-0.1, -0.05) is 44.5 Å². The van der Waals surface area contributed by atoms with E-state index >= 15 is 0 Å². The maximum absolute atomic E-state index is 12.2. The van der Waals surface area contributed by atoms with E-state index in [1.165, 1.54) is 24.8 Å². The third kappa shape index (κ3) is 5.16. The Morgan fingerprint density at radius 3 is 2.65 bits per heavy atom. The van der Waals surface area contributed by atoms with Crippen LogP contribution in [0, 0.1) is 5.92 Å². The minimum Gasteiger partial charge on any atom is -0.355 e. The van der Waals surface area contributed by atoms with Crippen molar-refractivity contribution in [1.29, 1.82) is 0 Å². The summed E-state index contributed by atoms with van der Waals surface area (Å²) in [6, 6.07) is 8.40. The number of hydrogen-bond donors (Lipinski definition) is 1. The molecule has 0 radical (unpaired) electrons. The van der Waals surface area contributed by atoms with Crippen LogP contribution in [0.5, 0.6) is 0 Å². The molecule has 1 aromatic carbocycles. The molecule has 2 aromatic rings. The van der Waals surface area contributed by atoms with E-state index in [9.17, 15) is 4.79 Å². The van der Waals surface area contributed by atoms with Crippen molar-refractivity contribution < 1.29 is 4.79 Å². The fourth-order valence-electron chi connectivity index (χ4n) is 3.56. The summed E-state index contributed by atoms with van der Waals surface area (Å²) in [6.45, 7) is 6.06. The highest BCUT2D eigenvalue weighted by Crippen LogP contribution is 2.14. The van der Waals surface area contributed by atoms with Gasteiger partial charge in [0.2, 0.25) is 5.91 Å². The van der Waals surface area contributed by atoms with Crippen molar-refractivity contribution in [3.8, 4) is 0 Å². The molecule has 0 spiro atoms. The third-order valence-electron chi connectivity index (χ3n) is 4.89. The van der Waals surface area contributed by atoms with Crippen molar-refractivity contribution >= 4 is 5.91 Å². The molecule has 0 bridgehead atoms. The smallest absolute Gasteiger partial charge is 0.224 e. The molecular formula is C21H30N4O. The van der Waals surface area contributed by atoms with Crippen molar-refractivity contribution in [2.24, 2.45) is 5.92 Å². The molecule has 1 aromatic heterocycles. The number of nitrogens with one attached hydrogen (secondary N) is 1. The van der Waals surface area contributed by atoms with E-state index in [4.69, 9.17) is 0 Å². The van der Waals surface area contributed by atoms with Gasteiger partial charge in [0.15, 0.2) is 0 Å². The van der Waals surface area contributed by atoms with Crippen LogP contribution in [-0.2, 0) is 37.0 Å². The van der Waals surface area contributed by atoms with Crippen molar-refractivity contribution in [1.82, 2.24) is 20.1 Å². The molecule has 1 amide bonds. The molecule has 140 valence electrons. The molecule has 3 rings (SSSR count).